The molecular formula is C16H17NO4S. The number of furan rings is 1. The molecule has 2 heterocycles. The van der Waals surface area contributed by atoms with Crippen LogP contribution in [0, 0.1) is 0 Å². The third-order valence-corrected chi connectivity index (χ3v) is 5.63. The quantitative estimate of drug-likeness (QED) is 0.937. The van der Waals surface area contributed by atoms with E-state index in [1.807, 2.05) is 6.07 Å². The van der Waals surface area contributed by atoms with Gasteiger partial charge in [-0.05, 0) is 30.2 Å². The van der Waals surface area contributed by atoms with E-state index in [1.165, 1.54) is 0 Å². The molecule has 0 saturated heterocycles. The molecule has 3 rings (SSSR count). The van der Waals surface area contributed by atoms with Gasteiger partial charge in [0.1, 0.15) is 5.76 Å². The molecule has 1 atom stereocenters. The Kier molecular flexibility index (Phi) is 4.02. The van der Waals surface area contributed by atoms with Gasteiger partial charge < -0.3 is 9.73 Å². The Morgan fingerprint density at radius 3 is 2.82 bits per heavy atom. The van der Waals surface area contributed by atoms with Crippen LogP contribution in [0.2, 0.25) is 0 Å². The Balaban J connectivity index is 1.69. The molecule has 116 valence electrons. The number of benzene rings is 1. The molecule has 1 aliphatic heterocycles. The first-order valence-corrected chi connectivity index (χ1v) is 8.85. The highest BCUT2D eigenvalue weighted by Crippen LogP contribution is 2.31. The topological polar surface area (TPSA) is 76.4 Å². The average Bonchev–Trinajstić information content (AvgIpc) is 3.02. The zero-order chi connectivity index (χ0) is 15.6. The number of carbonyl (C=O) groups is 1. The van der Waals surface area contributed by atoms with Crippen LogP contribution in [0.4, 0.5) is 0 Å². The molecule has 2 aromatic rings. The third-order valence-electron chi connectivity index (χ3n) is 3.82. The van der Waals surface area contributed by atoms with Crippen LogP contribution in [-0.4, -0.2) is 20.1 Å². The maximum absolute atomic E-state index is 12.1. The number of rotatable bonds is 4. The summed E-state index contributed by atoms with van der Waals surface area (Å²) in [7, 11) is -3.22. The number of hydrogen-bond acceptors (Lipinski definition) is 4. The molecule has 1 amide bonds. The second-order valence-electron chi connectivity index (χ2n) is 5.34. The molecule has 22 heavy (non-hydrogen) atoms. The van der Waals surface area contributed by atoms with E-state index in [9.17, 15) is 13.2 Å². The van der Waals surface area contributed by atoms with Gasteiger partial charge >= 0.3 is 0 Å². The minimum Gasteiger partial charge on any atom is -0.469 e. The molecular weight excluding hydrogens is 302 g/mol. The molecule has 0 saturated carbocycles. The first kappa shape index (κ1) is 14.8. The normalized spacial score (nSPS) is 19.4. The molecule has 0 fully saturated rings. The first-order chi connectivity index (χ1) is 10.6. The monoisotopic (exact) mass is 319 g/mol. The molecule has 1 aromatic heterocycles. The maximum atomic E-state index is 12.1. The fourth-order valence-corrected chi connectivity index (χ4v) is 4.32. The zero-order valence-electron chi connectivity index (χ0n) is 12.0. The Morgan fingerprint density at radius 2 is 2.05 bits per heavy atom. The predicted molar refractivity (Wildman–Crippen MR) is 81.0 cm³/mol. The number of nitrogens with one attached hydrogen (secondary N) is 1. The molecule has 6 heteroatoms. The van der Waals surface area contributed by atoms with E-state index in [2.05, 4.69) is 5.32 Å². The number of amides is 1. The number of aryl methyl sites for hydroxylation is 1. The van der Waals surface area contributed by atoms with Crippen LogP contribution < -0.4 is 5.32 Å². The van der Waals surface area contributed by atoms with Crippen molar-refractivity contribution < 1.29 is 17.6 Å². The molecule has 0 radical (unpaired) electrons. The highest BCUT2D eigenvalue weighted by atomic mass is 32.2. The van der Waals surface area contributed by atoms with Crippen molar-refractivity contribution in [3.8, 4) is 0 Å². The summed E-state index contributed by atoms with van der Waals surface area (Å²) in [6.07, 6.45) is 2.84. The van der Waals surface area contributed by atoms with Gasteiger partial charge in [0.25, 0.3) is 0 Å². The lowest BCUT2D eigenvalue weighted by molar-refractivity contribution is -0.121. The Hall–Kier alpha value is -2.08. The molecule has 0 spiro atoms. The van der Waals surface area contributed by atoms with Crippen molar-refractivity contribution in [2.45, 2.75) is 30.2 Å². The average molecular weight is 319 g/mol. The lowest BCUT2D eigenvalue weighted by atomic mass is 10.0. The van der Waals surface area contributed by atoms with Crippen molar-refractivity contribution in [1.82, 2.24) is 5.32 Å². The molecule has 1 aromatic carbocycles. The second kappa shape index (κ2) is 5.96. The van der Waals surface area contributed by atoms with E-state index < -0.39 is 9.84 Å². The van der Waals surface area contributed by atoms with Gasteiger partial charge in [-0.3, -0.25) is 4.79 Å². The molecule has 0 aliphatic carbocycles. The molecule has 1 N–H and O–H groups in total. The standard InChI is InChI=1S/C16H17NO4S/c18-16(8-7-12-4-3-10-21-12)17-14-9-11-22(19,20)15-6-2-1-5-13(14)15/h1-6,10,14H,7-9,11H2,(H,17,18)/t14-/m0/s1. The highest BCUT2D eigenvalue weighted by Gasteiger charge is 2.30. The van der Waals surface area contributed by atoms with Gasteiger partial charge in [0.05, 0.1) is 23.0 Å². The van der Waals surface area contributed by atoms with E-state index in [0.717, 1.165) is 5.76 Å². The van der Waals surface area contributed by atoms with Crippen LogP contribution in [0.15, 0.2) is 52.0 Å². The fourth-order valence-electron chi connectivity index (χ4n) is 2.70. The summed E-state index contributed by atoms with van der Waals surface area (Å²) in [5.41, 5.74) is 0.681. The molecule has 0 unspecified atom stereocenters. The Bertz CT molecular complexity index is 765. The van der Waals surface area contributed by atoms with Crippen LogP contribution in [-0.2, 0) is 21.1 Å². The maximum Gasteiger partial charge on any atom is 0.220 e. The minimum atomic E-state index is -3.22. The van der Waals surface area contributed by atoms with Gasteiger partial charge in [-0.1, -0.05) is 18.2 Å². The summed E-state index contributed by atoms with van der Waals surface area (Å²) in [4.78, 5) is 12.4. The van der Waals surface area contributed by atoms with Gasteiger partial charge in [-0.2, -0.15) is 0 Å². The van der Waals surface area contributed by atoms with Gasteiger partial charge in [0.2, 0.25) is 5.91 Å². The Labute approximate surface area is 129 Å². The number of sulfone groups is 1. The van der Waals surface area contributed by atoms with E-state index in [-0.39, 0.29) is 17.7 Å². The molecule has 1 aliphatic rings. The molecule has 5 nitrogen and oxygen atoms in total. The SMILES string of the molecule is O=C(CCc1ccco1)N[C@H]1CCS(=O)(=O)c2ccccc21. The summed E-state index contributed by atoms with van der Waals surface area (Å²) in [5.74, 6) is 0.727. The lowest BCUT2D eigenvalue weighted by Gasteiger charge is -2.26. The van der Waals surface area contributed by atoms with Crippen molar-refractivity contribution in [1.29, 1.82) is 0 Å². The van der Waals surface area contributed by atoms with E-state index >= 15 is 0 Å². The summed E-state index contributed by atoms with van der Waals surface area (Å²) in [6.45, 7) is 0. The minimum absolute atomic E-state index is 0.0626. The largest absolute Gasteiger partial charge is 0.469 e. The van der Waals surface area contributed by atoms with Crippen molar-refractivity contribution >= 4 is 15.7 Å². The van der Waals surface area contributed by atoms with E-state index in [1.54, 1.807) is 36.6 Å². The van der Waals surface area contributed by atoms with Gasteiger partial charge in [0, 0.05) is 12.8 Å². The van der Waals surface area contributed by atoms with Crippen LogP contribution >= 0.6 is 0 Å². The third kappa shape index (κ3) is 3.06. The predicted octanol–water partition coefficient (Wildman–Crippen LogP) is 2.25. The highest BCUT2D eigenvalue weighted by molar-refractivity contribution is 7.91. The summed E-state index contributed by atoms with van der Waals surface area (Å²) in [6, 6.07) is 10.2. The zero-order valence-corrected chi connectivity index (χ0v) is 12.8. The first-order valence-electron chi connectivity index (χ1n) is 7.20. The van der Waals surface area contributed by atoms with Crippen LogP contribution in [0.3, 0.4) is 0 Å². The lowest BCUT2D eigenvalue weighted by Crippen LogP contribution is -2.33. The van der Waals surface area contributed by atoms with Crippen LogP contribution in [0.25, 0.3) is 0 Å². The number of fused-ring (bicyclic) bond motifs is 1. The van der Waals surface area contributed by atoms with E-state index in [0.29, 0.717) is 29.7 Å². The summed E-state index contributed by atoms with van der Waals surface area (Å²) >= 11 is 0. The van der Waals surface area contributed by atoms with Crippen LogP contribution in [0.1, 0.15) is 30.2 Å². The fraction of sp³-hybridized carbons (Fsp3) is 0.312. The summed E-state index contributed by atoms with van der Waals surface area (Å²) in [5, 5.41) is 2.93. The van der Waals surface area contributed by atoms with E-state index in [4.69, 9.17) is 4.42 Å². The van der Waals surface area contributed by atoms with Crippen LogP contribution in [0.5, 0.6) is 0 Å². The van der Waals surface area contributed by atoms with Crippen molar-refractivity contribution in [3.05, 3.63) is 54.0 Å². The van der Waals surface area contributed by atoms with Gasteiger partial charge in [0.15, 0.2) is 9.84 Å². The summed E-state index contributed by atoms with van der Waals surface area (Å²) < 4.78 is 29.3. The van der Waals surface area contributed by atoms with Gasteiger partial charge in [-0.25, -0.2) is 8.42 Å². The van der Waals surface area contributed by atoms with Crippen molar-refractivity contribution in [2.75, 3.05) is 5.75 Å². The van der Waals surface area contributed by atoms with Crippen molar-refractivity contribution in [2.24, 2.45) is 0 Å². The smallest absolute Gasteiger partial charge is 0.220 e. The molecule has 0 bridgehead atoms. The van der Waals surface area contributed by atoms with Gasteiger partial charge in [-0.15, -0.1) is 0 Å². The second-order valence-corrected chi connectivity index (χ2v) is 7.42. The Morgan fingerprint density at radius 1 is 1.23 bits per heavy atom. The number of carbonyl (C=O) groups excluding carboxylic acids is 1. The van der Waals surface area contributed by atoms with Crippen molar-refractivity contribution in [3.63, 3.8) is 0 Å². The number of hydrogen-bond donors (Lipinski definition) is 1.